The van der Waals surface area contributed by atoms with Crippen LogP contribution in [-0.2, 0) is 13.6 Å². The van der Waals surface area contributed by atoms with Crippen LogP contribution in [0, 0.1) is 0 Å². The number of aryl methyl sites for hydroxylation is 1. The molecule has 8 heteroatoms. The summed E-state index contributed by atoms with van der Waals surface area (Å²) in [5.41, 5.74) is 0.329. The highest BCUT2D eigenvalue weighted by Gasteiger charge is 2.21. The Morgan fingerprint density at radius 2 is 2.42 bits per heavy atom. The third-order valence-corrected chi connectivity index (χ3v) is 2.58. The van der Waals surface area contributed by atoms with Crippen molar-refractivity contribution in [2.75, 3.05) is 7.05 Å². The summed E-state index contributed by atoms with van der Waals surface area (Å²) in [6.45, 7) is 3.54. The van der Waals surface area contributed by atoms with Crippen LogP contribution in [0.1, 0.15) is 16.2 Å². The molecule has 0 radical (unpaired) electrons. The van der Waals surface area contributed by atoms with E-state index in [0.29, 0.717) is 11.5 Å². The molecule has 100 valence electrons. The molecule has 19 heavy (non-hydrogen) atoms. The molecule has 0 aliphatic heterocycles. The van der Waals surface area contributed by atoms with Crippen molar-refractivity contribution in [1.82, 2.24) is 19.4 Å². The predicted molar refractivity (Wildman–Crippen MR) is 67.5 cm³/mol. The van der Waals surface area contributed by atoms with Crippen LogP contribution in [-0.4, -0.2) is 39.1 Å². The second-order valence-electron chi connectivity index (χ2n) is 3.99. The van der Waals surface area contributed by atoms with Crippen LogP contribution in [0.5, 0.6) is 0 Å². The van der Waals surface area contributed by atoms with Gasteiger partial charge in [-0.3, -0.25) is 9.78 Å². The summed E-state index contributed by atoms with van der Waals surface area (Å²) in [4.78, 5) is 34.6. The van der Waals surface area contributed by atoms with E-state index in [1.54, 1.807) is 18.7 Å². The van der Waals surface area contributed by atoms with Gasteiger partial charge in [-0.25, -0.2) is 14.8 Å². The first-order chi connectivity index (χ1) is 9.02. The topological polar surface area (TPSA) is 96.5 Å². The van der Waals surface area contributed by atoms with Crippen LogP contribution in [0.2, 0.25) is 0 Å². The number of rotatable bonds is 4. The summed E-state index contributed by atoms with van der Waals surface area (Å²) in [5, 5.41) is 0. The van der Waals surface area contributed by atoms with Crippen LogP contribution in [0.3, 0.4) is 0 Å². The molecular formula is C11H13N5O3. The van der Waals surface area contributed by atoms with Gasteiger partial charge in [-0.2, -0.15) is 0 Å². The van der Waals surface area contributed by atoms with Gasteiger partial charge in [-0.1, -0.05) is 0 Å². The normalized spacial score (nSPS) is 10.4. The molecule has 2 heterocycles. The van der Waals surface area contributed by atoms with Crippen molar-refractivity contribution in [3.8, 4) is 0 Å². The van der Waals surface area contributed by atoms with Gasteiger partial charge in [-0.15, -0.1) is 0 Å². The Morgan fingerprint density at radius 3 is 3.00 bits per heavy atom. The Balaban J connectivity index is 2.21. The molecule has 0 aromatic carbocycles. The number of amides is 1. The van der Waals surface area contributed by atoms with Crippen LogP contribution in [0.15, 0.2) is 26.7 Å². The quantitative estimate of drug-likeness (QED) is 0.802. The van der Waals surface area contributed by atoms with E-state index in [1.165, 1.54) is 17.4 Å². The highest BCUT2D eigenvalue weighted by atomic mass is 16.4. The van der Waals surface area contributed by atoms with E-state index in [2.05, 4.69) is 21.7 Å². The molecule has 2 aromatic rings. The number of aliphatic imine (C=N–C) groups is 1. The fourth-order valence-electron chi connectivity index (χ4n) is 1.66. The number of imidazole rings is 1. The zero-order valence-electron chi connectivity index (χ0n) is 10.6. The molecule has 2 rings (SSSR count). The molecule has 8 nitrogen and oxygen atoms in total. The van der Waals surface area contributed by atoms with Crippen LogP contribution >= 0.6 is 0 Å². The van der Waals surface area contributed by atoms with Crippen molar-refractivity contribution in [1.29, 1.82) is 0 Å². The molecule has 0 fully saturated rings. The lowest BCUT2D eigenvalue weighted by molar-refractivity contribution is 0.0766. The van der Waals surface area contributed by atoms with Gasteiger partial charge in [0.1, 0.15) is 5.76 Å². The Kier molecular flexibility index (Phi) is 3.32. The van der Waals surface area contributed by atoms with E-state index in [0.717, 1.165) is 0 Å². The second kappa shape index (κ2) is 4.92. The van der Waals surface area contributed by atoms with Gasteiger partial charge in [0, 0.05) is 20.3 Å². The Bertz CT molecular complexity index is 666. The molecule has 0 aliphatic rings. The van der Waals surface area contributed by atoms with Gasteiger partial charge in [0.05, 0.1) is 12.9 Å². The number of aromatic nitrogens is 3. The van der Waals surface area contributed by atoms with Gasteiger partial charge in [-0.05, 0) is 6.72 Å². The fraction of sp³-hybridized carbons (Fsp3) is 0.273. The van der Waals surface area contributed by atoms with Gasteiger partial charge in [0.15, 0.2) is 11.5 Å². The van der Waals surface area contributed by atoms with Crippen molar-refractivity contribution in [3.05, 3.63) is 34.5 Å². The Morgan fingerprint density at radius 1 is 1.68 bits per heavy atom. The van der Waals surface area contributed by atoms with Crippen molar-refractivity contribution in [2.24, 2.45) is 12.0 Å². The molecule has 0 saturated heterocycles. The number of H-pyrrole nitrogens is 1. The first kappa shape index (κ1) is 12.8. The van der Waals surface area contributed by atoms with E-state index < -0.39 is 5.76 Å². The largest absolute Gasteiger partial charge is 0.416 e. The standard InChI is InChI=1S/C11H13N5O3/c1-12-9-8(16(3)6-14-9)10(17)15(2)5-7-4-13-11(18)19-7/h4,6H,1,5H2,2-3H3,(H,13,18). The summed E-state index contributed by atoms with van der Waals surface area (Å²) < 4.78 is 6.41. The molecule has 0 unspecified atom stereocenters. The van der Waals surface area contributed by atoms with Gasteiger partial charge >= 0.3 is 5.76 Å². The molecule has 0 spiro atoms. The number of hydrogen-bond acceptors (Lipinski definition) is 5. The summed E-state index contributed by atoms with van der Waals surface area (Å²) in [6, 6.07) is 0. The Labute approximate surface area is 108 Å². The number of hydrogen-bond donors (Lipinski definition) is 1. The number of carbonyl (C=O) groups is 1. The van der Waals surface area contributed by atoms with E-state index in [1.807, 2.05) is 0 Å². The van der Waals surface area contributed by atoms with E-state index >= 15 is 0 Å². The zero-order chi connectivity index (χ0) is 14.0. The minimum absolute atomic E-state index is 0.166. The third kappa shape index (κ3) is 2.46. The van der Waals surface area contributed by atoms with Crippen molar-refractivity contribution < 1.29 is 9.21 Å². The summed E-state index contributed by atoms with van der Waals surface area (Å²) in [6.07, 6.45) is 2.91. The predicted octanol–water partition coefficient (Wildman–Crippen LogP) is 0.306. The number of nitrogens with zero attached hydrogens (tertiary/aromatic N) is 4. The Hall–Kier alpha value is -2.64. The number of carbonyl (C=O) groups excluding carboxylic acids is 1. The molecule has 0 aliphatic carbocycles. The van der Waals surface area contributed by atoms with Gasteiger partial charge in [0.2, 0.25) is 0 Å². The molecule has 0 bridgehead atoms. The summed E-state index contributed by atoms with van der Waals surface area (Å²) in [5.74, 6) is -0.193. The highest BCUT2D eigenvalue weighted by Crippen LogP contribution is 2.17. The van der Waals surface area contributed by atoms with Crippen LogP contribution < -0.4 is 5.76 Å². The minimum atomic E-state index is -0.551. The monoisotopic (exact) mass is 263 g/mol. The zero-order valence-corrected chi connectivity index (χ0v) is 10.6. The maximum absolute atomic E-state index is 12.3. The lowest BCUT2D eigenvalue weighted by Crippen LogP contribution is -2.27. The number of aromatic amines is 1. The molecule has 0 atom stereocenters. The smallest absolute Gasteiger partial charge is 0.411 e. The van der Waals surface area contributed by atoms with Crippen LogP contribution in [0.25, 0.3) is 0 Å². The van der Waals surface area contributed by atoms with E-state index in [9.17, 15) is 9.59 Å². The maximum Gasteiger partial charge on any atom is 0.416 e. The molecule has 2 aromatic heterocycles. The number of oxazole rings is 1. The molecule has 0 saturated carbocycles. The van der Waals surface area contributed by atoms with Crippen molar-refractivity contribution >= 4 is 18.4 Å². The average Bonchev–Trinajstić information content (AvgIpc) is 2.94. The second-order valence-corrected chi connectivity index (χ2v) is 3.99. The first-order valence-corrected chi connectivity index (χ1v) is 5.44. The molecule has 1 N–H and O–H groups in total. The third-order valence-electron chi connectivity index (χ3n) is 2.58. The average molecular weight is 263 g/mol. The summed E-state index contributed by atoms with van der Waals surface area (Å²) >= 11 is 0. The lowest BCUT2D eigenvalue weighted by atomic mass is 10.3. The maximum atomic E-state index is 12.3. The molecule has 1 amide bonds. The minimum Gasteiger partial charge on any atom is -0.411 e. The SMILES string of the molecule is C=Nc1ncn(C)c1C(=O)N(C)Cc1c[nH]c(=O)o1. The number of nitrogens with one attached hydrogen (secondary N) is 1. The highest BCUT2D eigenvalue weighted by molar-refractivity contribution is 5.96. The van der Waals surface area contributed by atoms with E-state index in [4.69, 9.17) is 4.42 Å². The lowest BCUT2D eigenvalue weighted by Gasteiger charge is -2.15. The first-order valence-electron chi connectivity index (χ1n) is 5.44. The van der Waals surface area contributed by atoms with Crippen LogP contribution in [0.4, 0.5) is 5.82 Å². The van der Waals surface area contributed by atoms with Gasteiger partial charge in [0.25, 0.3) is 5.91 Å². The summed E-state index contributed by atoms with van der Waals surface area (Å²) in [7, 11) is 3.29. The molecular weight excluding hydrogens is 250 g/mol. The van der Waals surface area contributed by atoms with Crippen molar-refractivity contribution in [3.63, 3.8) is 0 Å². The van der Waals surface area contributed by atoms with Crippen molar-refractivity contribution in [2.45, 2.75) is 6.54 Å². The fourth-order valence-corrected chi connectivity index (χ4v) is 1.66. The van der Waals surface area contributed by atoms with E-state index in [-0.39, 0.29) is 18.3 Å². The van der Waals surface area contributed by atoms with Gasteiger partial charge < -0.3 is 13.9 Å².